The first kappa shape index (κ1) is 12.6. The Morgan fingerprint density at radius 2 is 2.06 bits per heavy atom. The van der Waals surface area contributed by atoms with Crippen LogP contribution in [-0.2, 0) is 10.2 Å². The predicted octanol–water partition coefficient (Wildman–Crippen LogP) is 0.709. The molecule has 0 amide bonds. The number of nitrogens with one attached hydrogen (secondary N) is 2. The van der Waals surface area contributed by atoms with Crippen LogP contribution in [0.25, 0.3) is 0 Å². The molecule has 1 fully saturated rings. The molecule has 1 saturated carbocycles. The van der Waals surface area contributed by atoms with E-state index >= 15 is 0 Å². The molecule has 1 aliphatic carbocycles. The molecule has 0 bridgehead atoms. The summed E-state index contributed by atoms with van der Waals surface area (Å²) in [5.41, 5.74) is -0.417. The molecule has 0 spiro atoms. The Bertz CT molecular complexity index is 582. The zero-order valence-corrected chi connectivity index (χ0v) is 9.98. The molecule has 1 aromatic carbocycles. The standard InChI is InChI=1S/C9H11N3O5S/c13-9-5-7(12(14)15)3-4-8(9)11-18(16,17)10-6-1-2-6/h3-6,10-11,13H,1-2H2. The van der Waals surface area contributed by atoms with E-state index in [0.717, 1.165) is 31.0 Å². The number of phenols is 1. The van der Waals surface area contributed by atoms with Crippen LogP contribution in [0.15, 0.2) is 18.2 Å². The predicted molar refractivity (Wildman–Crippen MR) is 63.5 cm³/mol. The number of nitrogens with zero attached hydrogens (tertiary/aromatic N) is 1. The van der Waals surface area contributed by atoms with Gasteiger partial charge < -0.3 is 5.11 Å². The summed E-state index contributed by atoms with van der Waals surface area (Å²) in [4.78, 5) is 9.77. The first-order chi connectivity index (χ1) is 8.37. The molecule has 9 heteroatoms. The number of rotatable bonds is 5. The Balaban J connectivity index is 2.16. The van der Waals surface area contributed by atoms with Gasteiger partial charge in [0.2, 0.25) is 0 Å². The van der Waals surface area contributed by atoms with Crippen LogP contribution in [0.2, 0.25) is 0 Å². The second-order valence-corrected chi connectivity index (χ2v) is 5.40. The van der Waals surface area contributed by atoms with Crippen LogP contribution in [0, 0.1) is 10.1 Å². The molecule has 1 aromatic rings. The van der Waals surface area contributed by atoms with Crippen molar-refractivity contribution in [3.05, 3.63) is 28.3 Å². The monoisotopic (exact) mass is 273 g/mol. The maximum atomic E-state index is 11.6. The highest BCUT2D eigenvalue weighted by Crippen LogP contribution is 2.29. The minimum atomic E-state index is -3.76. The number of hydrogen-bond donors (Lipinski definition) is 3. The lowest BCUT2D eigenvalue weighted by molar-refractivity contribution is -0.384. The van der Waals surface area contributed by atoms with Gasteiger partial charge in [-0.2, -0.15) is 13.1 Å². The van der Waals surface area contributed by atoms with Crippen LogP contribution in [0.1, 0.15) is 12.8 Å². The average molecular weight is 273 g/mol. The van der Waals surface area contributed by atoms with Crippen molar-refractivity contribution in [2.45, 2.75) is 18.9 Å². The number of benzene rings is 1. The van der Waals surface area contributed by atoms with Gasteiger partial charge in [-0.05, 0) is 18.9 Å². The molecule has 3 N–H and O–H groups in total. The first-order valence-electron chi connectivity index (χ1n) is 5.15. The van der Waals surface area contributed by atoms with E-state index in [1.807, 2.05) is 0 Å². The Labute approximate surface area is 103 Å². The van der Waals surface area contributed by atoms with Gasteiger partial charge in [-0.15, -0.1) is 0 Å². The summed E-state index contributed by atoms with van der Waals surface area (Å²) in [7, 11) is -3.76. The summed E-state index contributed by atoms with van der Waals surface area (Å²) < 4.78 is 27.6. The summed E-state index contributed by atoms with van der Waals surface area (Å²) in [6.45, 7) is 0. The summed E-state index contributed by atoms with van der Waals surface area (Å²) >= 11 is 0. The van der Waals surface area contributed by atoms with E-state index in [4.69, 9.17) is 0 Å². The average Bonchev–Trinajstić information content (AvgIpc) is 3.03. The van der Waals surface area contributed by atoms with Gasteiger partial charge in [0.25, 0.3) is 15.9 Å². The van der Waals surface area contributed by atoms with Crippen LogP contribution < -0.4 is 9.44 Å². The van der Waals surface area contributed by atoms with Gasteiger partial charge in [-0.3, -0.25) is 14.8 Å². The fourth-order valence-electron chi connectivity index (χ4n) is 1.31. The van der Waals surface area contributed by atoms with Gasteiger partial charge in [0, 0.05) is 12.1 Å². The van der Waals surface area contributed by atoms with Crippen molar-refractivity contribution in [3.8, 4) is 5.75 Å². The van der Waals surface area contributed by atoms with Gasteiger partial charge in [0.15, 0.2) is 0 Å². The zero-order valence-electron chi connectivity index (χ0n) is 9.16. The van der Waals surface area contributed by atoms with Crippen molar-refractivity contribution in [3.63, 3.8) is 0 Å². The van der Waals surface area contributed by atoms with E-state index < -0.39 is 20.9 Å². The maximum absolute atomic E-state index is 11.6. The molecule has 8 nitrogen and oxygen atoms in total. The number of non-ortho nitro benzene ring substituents is 1. The minimum absolute atomic E-state index is 0.0670. The van der Waals surface area contributed by atoms with Crippen LogP contribution in [0.4, 0.5) is 11.4 Å². The quantitative estimate of drug-likeness (QED) is 0.414. The van der Waals surface area contributed by atoms with Crippen molar-refractivity contribution >= 4 is 21.6 Å². The minimum Gasteiger partial charge on any atom is -0.505 e. The molecule has 98 valence electrons. The lowest BCUT2D eigenvalue weighted by Crippen LogP contribution is -2.31. The highest BCUT2D eigenvalue weighted by molar-refractivity contribution is 7.90. The zero-order chi connectivity index (χ0) is 13.3. The van der Waals surface area contributed by atoms with Gasteiger partial charge in [0.05, 0.1) is 16.7 Å². The third kappa shape index (κ3) is 3.08. The summed E-state index contributed by atoms with van der Waals surface area (Å²) in [5, 5.41) is 19.9. The Hall–Kier alpha value is -1.87. The molecule has 0 heterocycles. The largest absolute Gasteiger partial charge is 0.505 e. The van der Waals surface area contributed by atoms with Crippen LogP contribution >= 0.6 is 0 Å². The SMILES string of the molecule is O=[N+]([O-])c1ccc(NS(=O)(=O)NC2CC2)c(O)c1. The first-order valence-corrected chi connectivity index (χ1v) is 6.63. The van der Waals surface area contributed by atoms with Crippen molar-refractivity contribution in [1.29, 1.82) is 0 Å². The van der Waals surface area contributed by atoms with Gasteiger partial charge >= 0.3 is 0 Å². The molecule has 2 rings (SSSR count). The lowest BCUT2D eigenvalue weighted by atomic mass is 10.3. The molecule has 0 atom stereocenters. The summed E-state index contributed by atoms with van der Waals surface area (Å²) in [5.74, 6) is -0.495. The van der Waals surface area contributed by atoms with E-state index in [9.17, 15) is 23.6 Å². The maximum Gasteiger partial charge on any atom is 0.299 e. The second kappa shape index (κ2) is 4.42. The number of aromatic hydroxyl groups is 1. The van der Waals surface area contributed by atoms with Crippen molar-refractivity contribution in [2.24, 2.45) is 0 Å². The fraction of sp³-hybridized carbons (Fsp3) is 0.333. The summed E-state index contributed by atoms with van der Waals surface area (Å²) in [6.07, 6.45) is 1.57. The van der Waals surface area contributed by atoms with Gasteiger partial charge in [0.1, 0.15) is 5.75 Å². The van der Waals surface area contributed by atoms with E-state index in [1.165, 1.54) is 0 Å². The fourth-order valence-corrected chi connectivity index (χ4v) is 2.51. The number of nitro groups is 1. The molecule has 18 heavy (non-hydrogen) atoms. The van der Waals surface area contributed by atoms with Crippen molar-refractivity contribution in [1.82, 2.24) is 4.72 Å². The second-order valence-electron chi connectivity index (χ2n) is 3.96. The van der Waals surface area contributed by atoms with Gasteiger partial charge in [-0.25, -0.2) is 0 Å². The topological polar surface area (TPSA) is 122 Å². The van der Waals surface area contributed by atoms with Gasteiger partial charge in [-0.1, -0.05) is 0 Å². The third-order valence-corrected chi connectivity index (χ3v) is 3.47. The Morgan fingerprint density at radius 1 is 1.39 bits per heavy atom. The normalized spacial score (nSPS) is 15.3. The Morgan fingerprint density at radius 3 is 2.56 bits per heavy atom. The van der Waals surface area contributed by atoms with E-state index in [-0.39, 0.29) is 17.4 Å². The molecule has 1 aliphatic rings. The molecular formula is C9H11N3O5S. The van der Waals surface area contributed by atoms with Crippen molar-refractivity contribution in [2.75, 3.05) is 4.72 Å². The number of hydrogen-bond acceptors (Lipinski definition) is 5. The molecule has 0 aliphatic heterocycles. The molecular weight excluding hydrogens is 262 g/mol. The highest BCUT2D eigenvalue weighted by Gasteiger charge is 2.27. The van der Waals surface area contributed by atoms with E-state index in [2.05, 4.69) is 9.44 Å². The number of phenolic OH excluding ortho intramolecular Hbond substituents is 1. The van der Waals surface area contributed by atoms with E-state index in [0.29, 0.717) is 0 Å². The summed E-state index contributed by atoms with van der Waals surface area (Å²) in [6, 6.07) is 3.06. The Kier molecular flexibility index (Phi) is 3.09. The molecule has 0 unspecified atom stereocenters. The number of nitro benzene ring substituents is 1. The van der Waals surface area contributed by atoms with E-state index in [1.54, 1.807) is 0 Å². The van der Waals surface area contributed by atoms with Crippen LogP contribution in [-0.4, -0.2) is 24.5 Å². The van der Waals surface area contributed by atoms with Crippen LogP contribution in [0.5, 0.6) is 5.75 Å². The van der Waals surface area contributed by atoms with Crippen molar-refractivity contribution < 1.29 is 18.4 Å². The smallest absolute Gasteiger partial charge is 0.299 e. The lowest BCUT2D eigenvalue weighted by Gasteiger charge is -2.09. The highest BCUT2D eigenvalue weighted by atomic mass is 32.2. The van der Waals surface area contributed by atoms with Crippen LogP contribution in [0.3, 0.4) is 0 Å². The molecule has 0 saturated heterocycles. The molecule has 0 radical (unpaired) electrons. The number of anilines is 1. The molecule has 0 aromatic heterocycles. The third-order valence-electron chi connectivity index (χ3n) is 2.34.